The minimum atomic E-state index is -0.0230. The second-order valence-electron chi connectivity index (χ2n) is 8.41. The minimum absolute atomic E-state index is 0.00481. The first-order chi connectivity index (χ1) is 12.9. The molecule has 27 heavy (non-hydrogen) atoms. The molecular weight excluding hydrogens is 342 g/mol. The molecule has 1 unspecified atom stereocenters. The van der Waals surface area contributed by atoms with Crippen LogP contribution in [-0.2, 0) is 17.8 Å². The van der Waals surface area contributed by atoms with Gasteiger partial charge in [-0.25, -0.2) is 9.50 Å². The van der Waals surface area contributed by atoms with Crippen molar-refractivity contribution in [2.24, 2.45) is 5.92 Å². The third-order valence-electron chi connectivity index (χ3n) is 5.93. The number of H-pyrrole nitrogens is 1. The lowest BCUT2D eigenvalue weighted by molar-refractivity contribution is -0.135. The Kier molecular flexibility index (Phi) is 4.58. The number of likely N-dealkylation sites (tertiary alicyclic amines) is 1. The zero-order valence-electron chi connectivity index (χ0n) is 16.7. The van der Waals surface area contributed by atoms with E-state index in [9.17, 15) is 9.59 Å². The fourth-order valence-electron chi connectivity index (χ4n) is 4.32. The number of nitrogens with zero attached hydrogens (tertiary/aromatic N) is 4. The van der Waals surface area contributed by atoms with Gasteiger partial charge < -0.3 is 4.90 Å². The van der Waals surface area contributed by atoms with Gasteiger partial charge in [-0.05, 0) is 26.7 Å². The number of carbonyl (C=O) groups is 1. The van der Waals surface area contributed by atoms with Crippen molar-refractivity contribution in [3.63, 3.8) is 0 Å². The van der Waals surface area contributed by atoms with Crippen LogP contribution in [0.25, 0.3) is 5.65 Å². The number of hydrogen-bond acceptors (Lipinski definition) is 4. The zero-order chi connectivity index (χ0) is 19.3. The average molecular weight is 371 g/mol. The summed E-state index contributed by atoms with van der Waals surface area (Å²) in [6.45, 7) is 10.5. The van der Waals surface area contributed by atoms with Crippen molar-refractivity contribution in [3.05, 3.63) is 33.4 Å². The Labute approximate surface area is 159 Å². The van der Waals surface area contributed by atoms with Gasteiger partial charge in [0.15, 0.2) is 5.65 Å². The molecule has 4 heterocycles. The molecule has 0 aromatic carbocycles. The van der Waals surface area contributed by atoms with Crippen LogP contribution in [0.15, 0.2) is 10.9 Å². The second kappa shape index (κ2) is 6.78. The summed E-state index contributed by atoms with van der Waals surface area (Å²) in [5.74, 6) is 0.147. The van der Waals surface area contributed by atoms with Crippen molar-refractivity contribution in [1.29, 1.82) is 0 Å². The highest BCUT2D eigenvalue weighted by Gasteiger charge is 2.33. The molecule has 2 aromatic heterocycles. The van der Waals surface area contributed by atoms with Crippen LogP contribution in [0.4, 0.5) is 0 Å². The van der Waals surface area contributed by atoms with Crippen LogP contribution in [0.1, 0.15) is 63.5 Å². The van der Waals surface area contributed by atoms with Crippen molar-refractivity contribution in [3.8, 4) is 0 Å². The molecule has 0 aliphatic carbocycles. The molecule has 146 valence electrons. The van der Waals surface area contributed by atoms with Crippen LogP contribution in [0.3, 0.4) is 0 Å². The van der Waals surface area contributed by atoms with E-state index in [1.54, 1.807) is 4.52 Å². The van der Waals surface area contributed by atoms with Crippen molar-refractivity contribution in [2.75, 3.05) is 13.1 Å². The first-order valence-corrected chi connectivity index (χ1v) is 10.0. The highest BCUT2D eigenvalue weighted by Crippen LogP contribution is 2.32. The van der Waals surface area contributed by atoms with Crippen LogP contribution in [0.2, 0.25) is 0 Å². The molecule has 0 bridgehead atoms. The Bertz CT molecular complexity index is 926. The van der Waals surface area contributed by atoms with Crippen LogP contribution in [0, 0.1) is 5.92 Å². The number of nitrogens with one attached hydrogen (secondary N) is 1. The van der Waals surface area contributed by atoms with Crippen molar-refractivity contribution >= 4 is 11.6 Å². The van der Waals surface area contributed by atoms with Gasteiger partial charge in [-0.1, -0.05) is 13.8 Å². The average Bonchev–Trinajstić information content (AvgIpc) is 3.27. The summed E-state index contributed by atoms with van der Waals surface area (Å²) in [5.41, 5.74) is 3.28. The Hall–Kier alpha value is -2.15. The number of aromatic nitrogens is 3. The van der Waals surface area contributed by atoms with Gasteiger partial charge in [0.25, 0.3) is 5.56 Å². The summed E-state index contributed by atoms with van der Waals surface area (Å²) in [6, 6.07) is 2.37. The Morgan fingerprint density at radius 3 is 2.74 bits per heavy atom. The summed E-state index contributed by atoms with van der Waals surface area (Å²) >= 11 is 0. The molecule has 1 N–H and O–H groups in total. The summed E-state index contributed by atoms with van der Waals surface area (Å²) in [7, 11) is 0. The van der Waals surface area contributed by atoms with Gasteiger partial charge in [-0.15, -0.1) is 0 Å². The van der Waals surface area contributed by atoms with Gasteiger partial charge in [0.2, 0.25) is 5.91 Å². The molecule has 0 spiro atoms. The Morgan fingerprint density at radius 2 is 2.04 bits per heavy atom. The lowest BCUT2D eigenvalue weighted by Gasteiger charge is -2.30. The molecule has 0 saturated carbocycles. The summed E-state index contributed by atoms with van der Waals surface area (Å²) in [4.78, 5) is 34.6. The van der Waals surface area contributed by atoms with Crippen LogP contribution >= 0.6 is 0 Å². The fourth-order valence-corrected chi connectivity index (χ4v) is 4.32. The standard InChI is InChI=1S/C20H29N5O2/c1-12(2)19(26)24-8-5-6-17(24)16-10-18-21-15-7-9-23(13(3)4)11-14(15)20(27)25(18)22-16/h10,12-13,17,22H,5-9,11H2,1-4H3. The quantitative estimate of drug-likeness (QED) is 0.897. The number of fused-ring (bicyclic) bond motifs is 2. The topological polar surface area (TPSA) is 73.7 Å². The van der Waals surface area contributed by atoms with E-state index in [4.69, 9.17) is 4.98 Å². The SMILES string of the molecule is CC(C)C(=O)N1CCCC1c1cc2nc3c(c(=O)n2[nH]1)CN(C(C)C)CC3. The fraction of sp³-hybridized carbons (Fsp3) is 0.650. The van der Waals surface area contributed by atoms with Crippen molar-refractivity contribution < 1.29 is 4.79 Å². The van der Waals surface area contributed by atoms with Crippen LogP contribution in [-0.4, -0.2) is 49.4 Å². The minimum Gasteiger partial charge on any atom is -0.334 e. The lowest BCUT2D eigenvalue weighted by atomic mass is 10.1. The number of hydrogen-bond donors (Lipinski definition) is 1. The third kappa shape index (κ3) is 3.08. The van der Waals surface area contributed by atoms with Crippen molar-refractivity contribution in [1.82, 2.24) is 24.4 Å². The smallest absolute Gasteiger partial charge is 0.277 e. The van der Waals surface area contributed by atoms with E-state index in [0.29, 0.717) is 18.2 Å². The van der Waals surface area contributed by atoms with Gasteiger partial charge in [0.05, 0.1) is 23.0 Å². The Balaban J connectivity index is 1.72. The first-order valence-electron chi connectivity index (χ1n) is 10.0. The van der Waals surface area contributed by atoms with E-state index >= 15 is 0 Å². The van der Waals surface area contributed by atoms with Gasteiger partial charge in [0.1, 0.15) is 0 Å². The van der Waals surface area contributed by atoms with Gasteiger partial charge in [-0.3, -0.25) is 19.6 Å². The zero-order valence-corrected chi connectivity index (χ0v) is 16.7. The maximum atomic E-state index is 13.1. The summed E-state index contributed by atoms with van der Waals surface area (Å²) < 4.78 is 1.56. The molecule has 2 aromatic rings. The molecule has 1 atom stereocenters. The molecule has 7 nitrogen and oxygen atoms in total. The van der Waals surface area contributed by atoms with Crippen LogP contribution in [0.5, 0.6) is 0 Å². The van der Waals surface area contributed by atoms with E-state index in [1.165, 1.54) is 0 Å². The molecule has 0 radical (unpaired) electrons. The predicted octanol–water partition coefficient (Wildman–Crippen LogP) is 2.11. The first kappa shape index (κ1) is 18.2. The summed E-state index contributed by atoms with van der Waals surface area (Å²) in [6.07, 6.45) is 2.71. The largest absolute Gasteiger partial charge is 0.334 e. The number of rotatable bonds is 3. The molecule has 4 rings (SSSR count). The maximum absolute atomic E-state index is 13.1. The Morgan fingerprint density at radius 1 is 1.26 bits per heavy atom. The lowest BCUT2D eigenvalue weighted by Crippen LogP contribution is -2.40. The van der Waals surface area contributed by atoms with Crippen molar-refractivity contribution in [2.45, 2.75) is 65.6 Å². The monoisotopic (exact) mass is 371 g/mol. The van der Waals surface area contributed by atoms with E-state index in [2.05, 4.69) is 23.8 Å². The number of aromatic amines is 1. The third-order valence-corrected chi connectivity index (χ3v) is 5.93. The van der Waals surface area contributed by atoms with Gasteiger partial charge in [0, 0.05) is 44.1 Å². The molecule has 1 amide bonds. The number of carbonyl (C=O) groups excluding carboxylic acids is 1. The van der Waals surface area contributed by atoms with E-state index in [1.807, 2.05) is 24.8 Å². The molecule has 2 aliphatic heterocycles. The molecule has 1 fully saturated rings. The van der Waals surface area contributed by atoms with Gasteiger partial charge in [-0.2, -0.15) is 0 Å². The van der Waals surface area contributed by atoms with E-state index in [-0.39, 0.29) is 23.4 Å². The molecule has 7 heteroatoms. The molecular formula is C20H29N5O2. The van der Waals surface area contributed by atoms with E-state index in [0.717, 1.165) is 49.3 Å². The molecule has 2 aliphatic rings. The van der Waals surface area contributed by atoms with Crippen LogP contribution < -0.4 is 5.56 Å². The number of amides is 1. The predicted molar refractivity (Wildman–Crippen MR) is 104 cm³/mol. The maximum Gasteiger partial charge on any atom is 0.277 e. The highest BCUT2D eigenvalue weighted by atomic mass is 16.2. The summed E-state index contributed by atoms with van der Waals surface area (Å²) in [5, 5.41) is 3.25. The highest BCUT2D eigenvalue weighted by molar-refractivity contribution is 5.78. The second-order valence-corrected chi connectivity index (χ2v) is 8.41. The van der Waals surface area contributed by atoms with E-state index < -0.39 is 0 Å². The normalized spacial score (nSPS) is 20.8. The molecule has 1 saturated heterocycles. The van der Waals surface area contributed by atoms with Gasteiger partial charge >= 0.3 is 0 Å².